The lowest BCUT2D eigenvalue weighted by Gasteiger charge is -2.24. The summed E-state index contributed by atoms with van der Waals surface area (Å²) in [5.41, 5.74) is 2.63. The van der Waals surface area contributed by atoms with Crippen LogP contribution >= 0.6 is 11.5 Å². The third kappa shape index (κ3) is 5.74. The van der Waals surface area contributed by atoms with Gasteiger partial charge in [-0.25, -0.2) is 14.3 Å². The van der Waals surface area contributed by atoms with Crippen molar-refractivity contribution in [3.63, 3.8) is 0 Å². The topological polar surface area (TPSA) is 94.6 Å². The van der Waals surface area contributed by atoms with Crippen LogP contribution in [-0.2, 0) is 14.3 Å². The van der Waals surface area contributed by atoms with Gasteiger partial charge in [0.25, 0.3) is 5.91 Å². The highest BCUT2D eigenvalue weighted by Gasteiger charge is 2.23. The number of hydroxylamine groups is 1. The summed E-state index contributed by atoms with van der Waals surface area (Å²) < 4.78 is 44.5. The highest BCUT2D eigenvalue weighted by atomic mass is 32.1. The van der Waals surface area contributed by atoms with Gasteiger partial charge in [-0.1, -0.05) is 10.6 Å². The Morgan fingerprint density at radius 2 is 1.97 bits per heavy atom. The normalized spacial score (nSPS) is 11.7. The van der Waals surface area contributed by atoms with Crippen molar-refractivity contribution < 1.29 is 27.9 Å². The van der Waals surface area contributed by atoms with Gasteiger partial charge in [0, 0.05) is 6.61 Å². The molecule has 0 saturated carbocycles. The number of halogens is 2. The van der Waals surface area contributed by atoms with E-state index in [0.29, 0.717) is 16.9 Å². The molecule has 0 bridgehead atoms. The van der Waals surface area contributed by atoms with Gasteiger partial charge in [-0.2, -0.15) is 0 Å². The van der Waals surface area contributed by atoms with E-state index in [1.807, 2.05) is 6.92 Å². The van der Waals surface area contributed by atoms with Crippen molar-refractivity contribution in [1.82, 2.24) is 15.1 Å². The number of aryl methyl sites for hydroxylation is 1. The first-order chi connectivity index (χ1) is 15.2. The van der Waals surface area contributed by atoms with Crippen molar-refractivity contribution in [3.05, 3.63) is 47.0 Å². The Balaban J connectivity index is 1.76. The number of carbonyl (C=O) groups is 1. The van der Waals surface area contributed by atoms with Crippen molar-refractivity contribution in [2.24, 2.45) is 0 Å². The number of anilines is 2. The molecule has 0 atom stereocenters. The first-order valence-electron chi connectivity index (χ1n) is 9.89. The standard InChI is InChI=1S/C21H24F2N4O4S/c1-5-29-21(3,4)30-8-9-31-26-20(28)13-11-16-19(25-27-32-16)17(23)18(13)24-15-7-6-12(2)10-14(15)22/h6-7,10-11,24H,5,8-9H2,1-4H3,(H,26,28). The SMILES string of the molecule is CCOC(C)(C)OCCONC(=O)c1cc2snnc2c(F)c1Nc1ccc(C)cc1F. The van der Waals surface area contributed by atoms with Crippen molar-refractivity contribution in [2.75, 3.05) is 25.1 Å². The molecule has 1 amide bonds. The molecule has 0 spiro atoms. The zero-order chi connectivity index (χ0) is 23.3. The maximum atomic E-state index is 15.1. The summed E-state index contributed by atoms with van der Waals surface area (Å²) in [6, 6.07) is 5.85. The largest absolute Gasteiger partial charge is 0.351 e. The first-order valence-corrected chi connectivity index (χ1v) is 10.7. The van der Waals surface area contributed by atoms with Crippen LogP contribution in [-0.4, -0.2) is 41.1 Å². The highest BCUT2D eigenvalue weighted by Crippen LogP contribution is 2.32. The van der Waals surface area contributed by atoms with E-state index in [0.717, 1.165) is 11.5 Å². The molecule has 2 N–H and O–H groups in total. The summed E-state index contributed by atoms with van der Waals surface area (Å²) in [6.07, 6.45) is 0. The Labute approximate surface area is 188 Å². The maximum Gasteiger partial charge on any atom is 0.277 e. The second-order valence-corrected chi connectivity index (χ2v) is 8.09. The summed E-state index contributed by atoms with van der Waals surface area (Å²) in [7, 11) is 0. The molecule has 32 heavy (non-hydrogen) atoms. The van der Waals surface area contributed by atoms with E-state index >= 15 is 4.39 Å². The molecule has 1 aromatic heterocycles. The molecule has 3 rings (SSSR count). The molecule has 0 radical (unpaired) electrons. The molecule has 11 heteroatoms. The molecular formula is C21H24F2N4O4S. The third-order valence-electron chi connectivity index (χ3n) is 4.41. The van der Waals surface area contributed by atoms with Crippen LogP contribution in [0.15, 0.2) is 24.3 Å². The smallest absolute Gasteiger partial charge is 0.277 e. The van der Waals surface area contributed by atoms with Gasteiger partial charge in [-0.05, 0) is 63.0 Å². The number of amides is 1. The number of aromatic nitrogens is 2. The molecule has 2 aromatic carbocycles. The predicted molar refractivity (Wildman–Crippen MR) is 117 cm³/mol. The minimum atomic E-state index is -0.817. The van der Waals surface area contributed by atoms with Crippen LogP contribution in [0.5, 0.6) is 0 Å². The van der Waals surface area contributed by atoms with Crippen LogP contribution in [0.25, 0.3) is 10.2 Å². The van der Waals surface area contributed by atoms with Crippen molar-refractivity contribution in [3.8, 4) is 0 Å². The van der Waals surface area contributed by atoms with Gasteiger partial charge in [0.05, 0.1) is 34.9 Å². The molecule has 0 aliphatic heterocycles. The molecule has 0 saturated heterocycles. The summed E-state index contributed by atoms with van der Waals surface area (Å²) in [4.78, 5) is 17.9. The Kier molecular flexibility index (Phi) is 7.67. The highest BCUT2D eigenvalue weighted by molar-refractivity contribution is 7.13. The lowest BCUT2D eigenvalue weighted by Crippen LogP contribution is -2.32. The van der Waals surface area contributed by atoms with Crippen LogP contribution in [0.1, 0.15) is 36.7 Å². The molecule has 0 aliphatic carbocycles. The molecule has 8 nitrogen and oxygen atoms in total. The first kappa shape index (κ1) is 23.9. The number of hydrogen-bond acceptors (Lipinski definition) is 8. The number of ether oxygens (including phenoxy) is 2. The van der Waals surface area contributed by atoms with Crippen LogP contribution in [0.4, 0.5) is 20.2 Å². The fourth-order valence-electron chi connectivity index (χ4n) is 2.93. The van der Waals surface area contributed by atoms with E-state index in [1.165, 1.54) is 18.2 Å². The fraction of sp³-hybridized carbons (Fsp3) is 0.381. The number of benzene rings is 2. The zero-order valence-corrected chi connectivity index (χ0v) is 18.9. The number of rotatable bonds is 10. The predicted octanol–water partition coefficient (Wildman–Crippen LogP) is 4.47. The molecule has 1 heterocycles. The average molecular weight is 467 g/mol. The van der Waals surface area contributed by atoms with Gasteiger partial charge >= 0.3 is 0 Å². The van der Waals surface area contributed by atoms with Crippen molar-refractivity contribution in [2.45, 2.75) is 33.5 Å². The van der Waals surface area contributed by atoms with Crippen LogP contribution < -0.4 is 10.8 Å². The summed E-state index contributed by atoms with van der Waals surface area (Å²) in [5.74, 6) is -2.91. The molecule has 0 fully saturated rings. The average Bonchev–Trinajstić information content (AvgIpc) is 3.20. The van der Waals surface area contributed by atoms with Gasteiger partial charge in [-0.3, -0.25) is 9.63 Å². The van der Waals surface area contributed by atoms with Gasteiger partial charge in [0.15, 0.2) is 11.6 Å². The van der Waals surface area contributed by atoms with Crippen LogP contribution in [0, 0.1) is 18.6 Å². The van der Waals surface area contributed by atoms with E-state index in [1.54, 1.807) is 26.8 Å². The molecule has 172 valence electrons. The summed E-state index contributed by atoms with van der Waals surface area (Å²) in [5, 5.41) is 6.41. The van der Waals surface area contributed by atoms with E-state index in [-0.39, 0.29) is 35.7 Å². The van der Waals surface area contributed by atoms with Gasteiger partial charge in [-0.15, -0.1) is 5.10 Å². The fourth-order valence-corrected chi connectivity index (χ4v) is 3.53. The van der Waals surface area contributed by atoms with Crippen molar-refractivity contribution in [1.29, 1.82) is 0 Å². The lowest BCUT2D eigenvalue weighted by molar-refractivity contribution is -0.217. The van der Waals surface area contributed by atoms with Crippen LogP contribution in [0.3, 0.4) is 0 Å². The number of hydrogen-bond donors (Lipinski definition) is 2. The van der Waals surface area contributed by atoms with E-state index in [4.69, 9.17) is 14.3 Å². The van der Waals surface area contributed by atoms with Crippen LogP contribution in [0.2, 0.25) is 0 Å². The van der Waals surface area contributed by atoms with Crippen molar-refractivity contribution >= 4 is 39.0 Å². The molecule has 0 unspecified atom stereocenters. The second kappa shape index (κ2) is 10.3. The van der Waals surface area contributed by atoms with Gasteiger partial charge in [0.2, 0.25) is 0 Å². The number of nitrogens with one attached hydrogen (secondary N) is 2. The lowest BCUT2D eigenvalue weighted by atomic mass is 10.1. The Morgan fingerprint density at radius 3 is 2.69 bits per heavy atom. The molecule has 0 aliphatic rings. The monoisotopic (exact) mass is 466 g/mol. The maximum absolute atomic E-state index is 15.1. The van der Waals surface area contributed by atoms with E-state index in [9.17, 15) is 9.18 Å². The third-order valence-corrected chi connectivity index (χ3v) is 5.08. The summed E-state index contributed by atoms with van der Waals surface area (Å²) in [6.45, 7) is 7.78. The second-order valence-electron chi connectivity index (χ2n) is 7.30. The molecular weight excluding hydrogens is 442 g/mol. The molecule has 3 aromatic rings. The van der Waals surface area contributed by atoms with Gasteiger partial charge in [0.1, 0.15) is 11.3 Å². The van der Waals surface area contributed by atoms with Gasteiger partial charge < -0.3 is 14.8 Å². The Bertz CT molecular complexity index is 1110. The number of fused-ring (bicyclic) bond motifs is 1. The minimum absolute atomic E-state index is 0.0126. The Morgan fingerprint density at radius 1 is 1.19 bits per heavy atom. The van der Waals surface area contributed by atoms with E-state index in [2.05, 4.69) is 20.4 Å². The number of nitrogens with zero attached hydrogens (tertiary/aromatic N) is 2. The van der Waals surface area contributed by atoms with E-state index < -0.39 is 23.3 Å². The zero-order valence-electron chi connectivity index (χ0n) is 18.1. The Hall–Kier alpha value is -2.73. The quantitative estimate of drug-likeness (QED) is 0.259. The summed E-state index contributed by atoms with van der Waals surface area (Å²) >= 11 is 0.935. The minimum Gasteiger partial charge on any atom is -0.351 e. The number of carbonyl (C=O) groups excluding carboxylic acids is 1.